The molecule has 0 bridgehead atoms. The van der Waals surface area contributed by atoms with Gasteiger partial charge in [0.05, 0.1) is 13.2 Å². The zero-order valence-electron chi connectivity index (χ0n) is 22.9. The summed E-state index contributed by atoms with van der Waals surface area (Å²) in [4.78, 5) is 22.4. The van der Waals surface area contributed by atoms with Crippen molar-refractivity contribution in [2.24, 2.45) is 0 Å². The van der Waals surface area contributed by atoms with Gasteiger partial charge in [-0.05, 0) is 78.1 Å². The molecule has 34 heavy (non-hydrogen) atoms. The predicted octanol–water partition coefficient (Wildman–Crippen LogP) is 5.59. The van der Waals surface area contributed by atoms with Crippen LogP contribution in [0.5, 0.6) is 0 Å². The third-order valence-electron chi connectivity index (χ3n) is 4.45. The minimum atomic E-state index is -1.74. The van der Waals surface area contributed by atoms with E-state index in [1.807, 2.05) is 11.4 Å². The van der Waals surface area contributed by atoms with Gasteiger partial charge in [-0.15, -0.1) is 13.2 Å². The predicted molar refractivity (Wildman–Crippen MR) is 154 cm³/mol. The van der Waals surface area contributed by atoms with Crippen LogP contribution >= 0.6 is 0 Å². The van der Waals surface area contributed by atoms with Gasteiger partial charge >= 0.3 is 11.9 Å². The molecule has 0 amide bonds. The maximum atomic E-state index is 11.3. The first-order valence-corrected chi connectivity index (χ1v) is 22.4. The first-order chi connectivity index (χ1) is 15.5. The highest BCUT2D eigenvalue weighted by Crippen LogP contribution is 2.16. The molecule has 0 aliphatic rings. The Hall–Kier alpha value is -1.31. The van der Waals surface area contributed by atoms with Crippen molar-refractivity contribution in [3.8, 4) is 0 Å². The highest BCUT2D eigenvalue weighted by atomic mass is 28.4. The molecule has 196 valence electrons. The van der Waals surface area contributed by atoms with Crippen molar-refractivity contribution in [2.45, 2.75) is 78.1 Å². The summed E-state index contributed by atoms with van der Waals surface area (Å²) in [5.74, 6) is -0.657. The van der Waals surface area contributed by atoms with Gasteiger partial charge in [0.25, 0.3) is 0 Å². The number of hydrogen-bond acceptors (Lipinski definition) is 6. The zero-order valence-corrected chi connectivity index (χ0v) is 27.3. The lowest BCUT2D eigenvalue weighted by Gasteiger charge is -2.29. The lowest BCUT2D eigenvalue weighted by atomic mass is 10.4. The van der Waals surface area contributed by atoms with Crippen LogP contribution in [0.4, 0.5) is 0 Å². The summed E-state index contributed by atoms with van der Waals surface area (Å²) in [6.45, 7) is 31.8. The van der Waals surface area contributed by atoms with E-state index in [0.717, 1.165) is 24.9 Å². The Morgan fingerprint density at radius 2 is 1.26 bits per heavy atom. The number of esters is 2. The molecular weight excluding hydrogens is 497 g/mol. The SMILES string of the molecule is C=C(C)C(=O)OCCC[SiH2]O[Si](C)(C)CCCOC(=O)C(=C)C.C=C[Si](C)(C=C)O[Si](C)(C)C. The van der Waals surface area contributed by atoms with Crippen molar-refractivity contribution in [2.75, 3.05) is 13.2 Å². The van der Waals surface area contributed by atoms with E-state index in [0.29, 0.717) is 24.4 Å². The van der Waals surface area contributed by atoms with Crippen LogP contribution in [-0.2, 0) is 27.3 Å². The molecule has 0 atom stereocenters. The fraction of sp³-hybridized carbons (Fsp3) is 0.583. The van der Waals surface area contributed by atoms with Gasteiger partial charge in [-0.3, -0.25) is 0 Å². The van der Waals surface area contributed by atoms with E-state index in [4.69, 9.17) is 17.7 Å². The molecule has 0 aliphatic carbocycles. The Morgan fingerprint density at radius 1 is 0.824 bits per heavy atom. The van der Waals surface area contributed by atoms with Gasteiger partial charge in [0, 0.05) is 11.1 Å². The quantitative estimate of drug-likeness (QED) is 0.109. The molecule has 0 aromatic rings. The van der Waals surface area contributed by atoms with Crippen LogP contribution in [0, 0.1) is 0 Å². The Labute approximate surface area is 213 Å². The van der Waals surface area contributed by atoms with Gasteiger partial charge in [-0.1, -0.05) is 24.6 Å². The van der Waals surface area contributed by atoms with E-state index in [2.05, 4.69) is 65.6 Å². The molecule has 0 N–H and O–H groups in total. The van der Waals surface area contributed by atoms with Gasteiger partial charge in [-0.2, -0.15) is 0 Å². The van der Waals surface area contributed by atoms with Gasteiger partial charge in [-0.25, -0.2) is 9.59 Å². The number of carbonyl (C=O) groups is 2. The topological polar surface area (TPSA) is 71.1 Å². The molecule has 0 heterocycles. The summed E-state index contributed by atoms with van der Waals surface area (Å²) in [6.07, 6.45) is 1.66. The molecule has 0 aromatic carbocycles. The molecule has 0 unspecified atom stereocenters. The van der Waals surface area contributed by atoms with Crippen molar-refractivity contribution < 1.29 is 27.3 Å². The molecule has 6 nitrogen and oxygen atoms in total. The van der Waals surface area contributed by atoms with Crippen molar-refractivity contribution in [3.05, 3.63) is 48.9 Å². The first kappa shape index (κ1) is 34.9. The largest absolute Gasteiger partial charge is 0.462 e. The smallest absolute Gasteiger partial charge is 0.333 e. The minimum absolute atomic E-state index is 0.327. The standard InChI is InChI=1S/C16H30O5Si2.C8H18OSi2/c1-13(2)15(17)19-9-7-11-22-21-23(5,6)12-8-10-20-16(18)14(3)4;1-7-11(6,8-2)9-10(3,4)5/h1,3,7-12,22H2,2,4-6H3;7-8H,1-2H2,3-6H3. The van der Waals surface area contributed by atoms with Crippen molar-refractivity contribution in [3.63, 3.8) is 0 Å². The number of hydrogen-bond donors (Lipinski definition) is 0. The second-order valence-electron chi connectivity index (χ2n) is 10.1. The lowest BCUT2D eigenvalue weighted by Crippen LogP contribution is -2.41. The van der Waals surface area contributed by atoms with Crippen LogP contribution in [0.1, 0.15) is 26.7 Å². The molecule has 0 rings (SSSR count). The number of rotatable bonds is 16. The highest BCUT2D eigenvalue weighted by molar-refractivity contribution is 6.90. The maximum absolute atomic E-state index is 11.3. The van der Waals surface area contributed by atoms with Crippen LogP contribution in [0.15, 0.2) is 48.9 Å². The summed E-state index contributed by atoms with van der Waals surface area (Å²) in [6, 6.07) is 1.96. The Balaban J connectivity index is 0. The first-order valence-electron chi connectivity index (χ1n) is 11.7. The molecule has 0 saturated heterocycles. The van der Waals surface area contributed by atoms with E-state index in [1.54, 1.807) is 13.8 Å². The molecular formula is C24H48O6Si4. The summed E-state index contributed by atoms with van der Waals surface area (Å²) >= 11 is 0. The number of carbonyl (C=O) groups excluding carboxylic acids is 2. The van der Waals surface area contributed by atoms with Crippen LogP contribution in [0.25, 0.3) is 0 Å². The lowest BCUT2D eigenvalue weighted by molar-refractivity contribution is -0.139. The second-order valence-corrected chi connectivity index (χ2v) is 24.6. The summed E-state index contributed by atoms with van der Waals surface area (Å²) in [5.41, 5.74) is 4.72. The van der Waals surface area contributed by atoms with E-state index in [-0.39, 0.29) is 11.9 Å². The zero-order chi connectivity index (χ0) is 27.0. The fourth-order valence-electron chi connectivity index (χ4n) is 2.53. The monoisotopic (exact) mass is 544 g/mol. The normalized spacial score (nSPS) is 11.9. The maximum Gasteiger partial charge on any atom is 0.333 e. The Morgan fingerprint density at radius 3 is 1.62 bits per heavy atom. The van der Waals surface area contributed by atoms with Crippen LogP contribution in [-0.4, -0.2) is 59.9 Å². The van der Waals surface area contributed by atoms with Crippen LogP contribution < -0.4 is 0 Å². The molecule has 10 heteroatoms. The molecule has 0 fully saturated rings. The van der Waals surface area contributed by atoms with Crippen LogP contribution in [0.2, 0.25) is 51.4 Å². The molecule has 0 aromatic heterocycles. The second kappa shape index (κ2) is 17.2. The van der Waals surface area contributed by atoms with Crippen LogP contribution in [0.3, 0.4) is 0 Å². The van der Waals surface area contributed by atoms with Crippen molar-refractivity contribution in [1.82, 2.24) is 0 Å². The van der Waals surface area contributed by atoms with E-state index < -0.39 is 34.7 Å². The molecule has 0 saturated carbocycles. The summed E-state index contributed by atoms with van der Waals surface area (Å²) < 4.78 is 22.2. The van der Waals surface area contributed by atoms with Crippen molar-refractivity contribution in [1.29, 1.82) is 0 Å². The van der Waals surface area contributed by atoms with Gasteiger partial charge < -0.3 is 17.7 Å². The van der Waals surface area contributed by atoms with E-state index in [9.17, 15) is 9.59 Å². The fourth-order valence-corrected chi connectivity index (χ4v) is 13.4. The molecule has 0 spiro atoms. The van der Waals surface area contributed by atoms with Gasteiger partial charge in [0.2, 0.25) is 8.32 Å². The average Bonchev–Trinajstić information content (AvgIpc) is 2.72. The average molecular weight is 545 g/mol. The Kier molecular flexibility index (Phi) is 17.6. The number of ether oxygens (including phenoxy) is 2. The Bertz CT molecular complexity index is 690. The summed E-state index contributed by atoms with van der Waals surface area (Å²) in [5, 5.41) is 0. The minimum Gasteiger partial charge on any atom is -0.462 e. The molecule has 0 aliphatic heterocycles. The van der Waals surface area contributed by atoms with Gasteiger partial charge in [0.15, 0.2) is 16.6 Å². The highest BCUT2D eigenvalue weighted by Gasteiger charge is 2.28. The van der Waals surface area contributed by atoms with Crippen molar-refractivity contribution >= 4 is 46.7 Å². The van der Waals surface area contributed by atoms with E-state index >= 15 is 0 Å². The third kappa shape index (κ3) is 20.1. The molecule has 0 radical (unpaired) electrons. The third-order valence-corrected chi connectivity index (χ3v) is 16.6. The summed E-state index contributed by atoms with van der Waals surface area (Å²) in [7, 11) is -5.43. The van der Waals surface area contributed by atoms with Gasteiger partial charge in [0.1, 0.15) is 9.76 Å². The van der Waals surface area contributed by atoms with E-state index in [1.165, 1.54) is 0 Å².